The molecule has 116 valence electrons. The van der Waals surface area contributed by atoms with Crippen LogP contribution in [0.5, 0.6) is 0 Å². The van der Waals surface area contributed by atoms with E-state index < -0.39 is 0 Å². The summed E-state index contributed by atoms with van der Waals surface area (Å²) in [5.41, 5.74) is 7.18. The molecule has 1 aromatic carbocycles. The second-order valence-corrected chi connectivity index (χ2v) is 7.64. The number of rotatable bonds is 0. The van der Waals surface area contributed by atoms with Gasteiger partial charge in [-0.2, -0.15) is 5.26 Å². The molecule has 2 nitrogen and oxygen atoms in total. The van der Waals surface area contributed by atoms with Crippen LogP contribution in [0.1, 0.15) is 39.3 Å². The number of hydrogen-bond acceptors (Lipinski definition) is 3. The summed E-state index contributed by atoms with van der Waals surface area (Å²) in [5, 5.41) is 9.32. The summed E-state index contributed by atoms with van der Waals surface area (Å²) in [6.07, 6.45) is 4.40. The SMILES string of the molecule is CN1CCC(=C2c3ccccc3CCc3sc(C#N)cc32)CC1. The molecular weight excluding hydrogens is 300 g/mol. The lowest BCUT2D eigenvalue weighted by Gasteiger charge is -2.27. The van der Waals surface area contributed by atoms with Gasteiger partial charge in [-0.15, -0.1) is 11.3 Å². The molecular formula is C20H20N2S. The molecule has 0 atom stereocenters. The van der Waals surface area contributed by atoms with E-state index in [0.29, 0.717) is 0 Å². The van der Waals surface area contributed by atoms with E-state index in [1.165, 1.54) is 27.1 Å². The van der Waals surface area contributed by atoms with Crippen molar-refractivity contribution in [3.63, 3.8) is 0 Å². The Bertz CT molecular complexity index is 812. The van der Waals surface area contributed by atoms with Crippen LogP contribution in [0.15, 0.2) is 35.9 Å². The fraction of sp³-hybridized carbons (Fsp3) is 0.350. The zero-order valence-corrected chi connectivity index (χ0v) is 14.2. The van der Waals surface area contributed by atoms with Gasteiger partial charge >= 0.3 is 0 Å². The second kappa shape index (κ2) is 5.96. The van der Waals surface area contributed by atoms with Gasteiger partial charge in [-0.25, -0.2) is 0 Å². The van der Waals surface area contributed by atoms with E-state index in [2.05, 4.69) is 48.3 Å². The molecule has 0 spiro atoms. The average molecular weight is 320 g/mol. The van der Waals surface area contributed by atoms with E-state index in [-0.39, 0.29) is 0 Å². The molecule has 4 rings (SSSR count). The van der Waals surface area contributed by atoms with Crippen molar-refractivity contribution in [2.75, 3.05) is 20.1 Å². The van der Waals surface area contributed by atoms with Crippen molar-refractivity contribution < 1.29 is 0 Å². The molecule has 23 heavy (non-hydrogen) atoms. The van der Waals surface area contributed by atoms with Crippen LogP contribution in [-0.2, 0) is 12.8 Å². The first-order valence-corrected chi connectivity index (χ1v) is 9.10. The molecule has 3 heteroatoms. The Morgan fingerprint density at radius 3 is 2.61 bits per heavy atom. The van der Waals surface area contributed by atoms with Crippen molar-refractivity contribution in [2.24, 2.45) is 0 Å². The zero-order valence-electron chi connectivity index (χ0n) is 13.4. The molecule has 0 amide bonds. The molecule has 0 N–H and O–H groups in total. The number of fused-ring (bicyclic) bond motifs is 2. The Labute approximate surface area is 141 Å². The number of piperidine rings is 1. The Morgan fingerprint density at radius 2 is 1.83 bits per heavy atom. The molecule has 0 bridgehead atoms. The van der Waals surface area contributed by atoms with Gasteiger partial charge in [0.25, 0.3) is 0 Å². The first-order valence-electron chi connectivity index (χ1n) is 8.28. The van der Waals surface area contributed by atoms with Crippen LogP contribution in [0.4, 0.5) is 0 Å². The van der Waals surface area contributed by atoms with Gasteiger partial charge in [0.1, 0.15) is 10.9 Å². The molecule has 2 aliphatic rings. The number of thiophene rings is 1. The number of aryl methyl sites for hydroxylation is 2. The molecule has 0 saturated carbocycles. The number of hydrogen-bond donors (Lipinski definition) is 0. The zero-order chi connectivity index (χ0) is 15.8. The van der Waals surface area contributed by atoms with E-state index in [9.17, 15) is 5.26 Å². The molecule has 1 aliphatic carbocycles. The highest BCUT2D eigenvalue weighted by Crippen LogP contribution is 2.41. The minimum Gasteiger partial charge on any atom is -0.306 e. The second-order valence-electron chi connectivity index (χ2n) is 6.50. The number of benzene rings is 1. The van der Waals surface area contributed by atoms with Crippen LogP contribution < -0.4 is 0 Å². The van der Waals surface area contributed by atoms with Crippen molar-refractivity contribution in [3.05, 3.63) is 62.3 Å². The molecule has 1 fully saturated rings. The highest BCUT2D eigenvalue weighted by molar-refractivity contribution is 7.12. The summed E-state index contributed by atoms with van der Waals surface area (Å²) in [6.45, 7) is 2.26. The highest BCUT2D eigenvalue weighted by atomic mass is 32.1. The smallest absolute Gasteiger partial charge is 0.110 e. The van der Waals surface area contributed by atoms with Crippen molar-refractivity contribution in [1.82, 2.24) is 4.90 Å². The summed E-state index contributed by atoms with van der Waals surface area (Å²) in [5.74, 6) is 0. The average Bonchev–Trinajstić information content (AvgIpc) is 2.92. The topological polar surface area (TPSA) is 27.0 Å². The van der Waals surface area contributed by atoms with Gasteiger partial charge in [0.2, 0.25) is 0 Å². The third kappa shape index (κ3) is 2.63. The highest BCUT2D eigenvalue weighted by Gasteiger charge is 2.24. The summed E-state index contributed by atoms with van der Waals surface area (Å²) in [6, 6.07) is 13.3. The van der Waals surface area contributed by atoms with Gasteiger partial charge in [0, 0.05) is 18.0 Å². The maximum Gasteiger partial charge on any atom is 0.110 e. The van der Waals surface area contributed by atoms with Crippen LogP contribution in [0.2, 0.25) is 0 Å². The third-order valence-electron chi connectivity index (χ3n) is 5.04. The van der Waals surface area contributed by atoms with Gasteiger partial charge in [-0.1, -0.05) is 29.8 Å². The van der Waals surface area contributed by atoms with E-state index in [1.54, 1.807) is 16.9 Å². The molecule has 1 aromatic heterocycles. The maximum absolute atomic E-state index is 9.32. The number of nitrogens with zero attached hydrogens (tertiary/aromatic N) is 2. The third-order valence-corrected chi connectivity index (χ3v) is 6.14. The normalized spacial score (nSPS) is 18.1. The van der Waals surface area contributed by atoms with Gasteiger partial charge in [-0.05, 0) is 61.1 Å². The van der Waals surface area contributed by atoms with Crippen molar-refractivity contribution in [3.8, 4) is 6.07 Å². The Balaban J connectivity index is 1.93. The first-order chi connectivity index (χ1) is 11.3. The largest absolute Gasteiger partial charge is 0.306 e. The summed E-state index contributed by atoms with van der Waals surface area (Å²) >= 11 is 1.68. The van der Waals surface area contributed by atoms with Crippen molar-refractivity contribution in [1.29, 1.82) is 5.26 Å². The minimum absolute atomic E-state index is 0.848. The number of likely N-dealkylation sites (tertiary alicyclic amines) is 1. The molecule has 0 unspecified atom stereocenters. The first kappa shape index (κ1) is 14.7. The maximum atomic E-state index is 9.32. The predicted molar refractivity (Wildman–Crippen MR) is 95.6 cm³/mol. The number of nitriles is 1. The standard InChI is InChI=1S/C20H20N2S/c1-22-10-8-15(9-11-22)20-17-5-3-2-4-14(17)6-7-19-18(20)12-16(13-21)23-19/h2-5,12H,6-11H2,1H3. The monoisotopic (exact) mass is 320 g/mol. The Morgan fingerprint density at radius 1 is 1.04 bits per heavy atom. The molecule has 2 aromatic rings. The van der Waals surface area contributed by atoms with E-state index in [4.69, 9.17) is 0 Å². The van der Waals surface area contributed by atoms with Crippen LogP contribution in [0.25, 0.3) is 5.57 Å². The molecule has 1 saturated heterocycles. The fourth-order valence-corrected chi connectivity index (χ4v) is 4.74. The van der Waals surface area contributed by atoms with Crippen LogP contribution in [0.3, 0.4) is 0 Å². The lowest BCUT2D eigenvalue weighted by Crippen LogP contribution is -2.27. The molecule has 0 radical (unpaired) electrons. The lowest BCUT2D eigenvalue weighted by molar-refractivity contribution is 0.313. The van der Waals surface area contributed by atoms with Crippen LogP contribution in [-0.4, -0.2) is 25.0 Å². The Kier molecular flexibility index (Phi) is 3.80. The van der Waals surface area contributed by atoms with Crippen molar-refractivity contribution >= 4 is 16.9 Å². The van der Waals surface area contributed by atoms with Gasteiger partial charge < -0.3 is 4.90 Å². The van der Waals surface area contributed by atoms with Crippen molar-refractivity contribution in [2.45, 2.75) is 25.7 Å². The fourth-order valence-electron chi connectivity index (χ4n) is 3.78. The predicted octanol–water partition coefficient (Wildman–Crippen LogP) is 4.25. The lowest BCUT2D eigenvalue weighted by atomic mass is 9.87. The quantitative estimate of drug-likeness (QED) is 0.726. The molecule has 1 aliphatic heterocycles. The van der Waals surface area contributed by atoms with Gasteiger partial charge in [0.05, 0.1) is 0 Å². The summed E-state index contributed by atoms with van der Waals surface area (Å²) in [4.78, 5) is 4.64. The van der Waals surface area contributed by atoms with Crippen LogP contribution >= 0.6 is 11.3 Å². The molecule has 2 heterocycles. The minimum atomic E-state index is 0.848. The Hall–Kier alpha value is -1.89. The van der Waals surface area contributed by atoms with E-state index in [1.807, 2.05) is 0 Å². The van der Waals surface area contributed by atoms with Gasteiger partial charge in [-0.3, -0.25) is 0 Å². The van der Waals surface area contributed by atoms with E-state index in [0.717, 1.165) is 43.6 Å². The van der Waals surface area contributed by atoms with E-state index >= 15 is 0 Å². The summed E-state index contributed by atoms with van der Waals surface area (Å²) in [7, 11) is 2.20. The van der Waals surface area contributed by atoms with Crippen LogP contribution in [0, 0.1) is 11.3 Å². The summed E-state index contributed by atoms with van der Waals surface area (Å²) < 4.78 is 0. The van der Waals surface area contributed by atoms with Gasteiger partial charge in [0.15, 0.2) is 0 Å².